The number of benzene rings is 2. The Kier molecular flexibility index (Phi) is 4.81. The smallest absolute Gasteiger partial charge is 0.337 e. The molecule has 0 fully saturated rings. The minimum absolute atomic E-state index is 0.253. The first kappa shape index (κ1) is 19.2. The molecular formula is C20H19BrN2O4S. The molecule has 0 saturated carbocycles. The summed E-state index contributed by atoms with van der Waals surface area (Å²) in [5.74, 6) is -0.416. The number of aromatic nitrogens is 1. The number of aromatic amines is 1. The van der Waals surface area contributed by atoms with Gasteiger partial charge >= 0.3 is 5.97 Å². The van der Waals surface area contributed by atoms with Crippen LogP contribution in [0.15, 0.2) is 45.8 Å². The lowest BCUT2D eigenvalue weighted by Crippen LogP contribution is -2.36. The van der Waals surface area contributed by atoms with Gasteiger partial charge in [0.15, 0.2) is 0 Å². The van der Waals surface area contributed by atoms with Gasteiger partial charge in [-0.05, 0) is 64.3 Å². The SMILES string of the molecule is COC(=O)c1ccc2[nH]c3c(c2c1)CN(S(=O)(=O)c1ccc(C)cc1Br)CC3. The van der Waals surface area contributed by atoms with Gasteiger partial charge in [0, 0.05) is 40.6 Å². The Morgan fingerprint density at radius 1 is 1.21 bits per heavy atom. The van der Waals surface area contributed by atoms with E-state index >= 15 is 0 Å². The molecule has 2 heterocycles. The van der Waals surface area contributed by atoms with Crippen LogP contribution in [0.5, 0.6) is 0 Å². The number of carbonyl (C=O) groups is 1. The van der Waals surface area contributed by atoms with Crippen molar-refractivity contribution in [1.29, 1.82) is 0 Å². The predicted molar refractivity (Wildman–Crippen MR) is 110 cm³/mol. The molecule has 8 heteroatoms. The Hall–Kier alpha value is -2.16. The van der Waals surface area contributed by atoms with E-state index in [2.05, 4.69) is 20.9 Å². The van der Waals surface area contributed by atoms with E-state index in [0.717, 1.165) is 27.7 Å². The van der Waals surface area contributed by atoms with Crippen LogP contribution in [0.2, 0.25) is 0 Å². The van der Waals surface area contributed by atoms with Gasteiger partial charge in [-0.2, -0.15) is 4.31 Å². The summed E-state index contributed by atoms with van der Waals surface area (Å²) >= 11 is 3.38. The summed E-state index contributed by atoms with van der Waals surface area (Å²) < 4.78 is 33.3. The van der Waals surface area contributed by atoms with Gasteiger partial charge in [0.2, 0.25) is 10.0 Å². The van der Waals surface area contributed by atoms with Gasteiger partial charge in [-0.1, -0.05) is 6.07 Å². The van der Waals surface area contributed by atoms with Crippen molar-refractivity contribution in [3.05, 3.63) is 63.3 Å². The van der Waals surface area contributed by atoms with E-state index in [0.29, 0.717) is 23.0 Å². The maximum absolute atomic E-state index is 13.2. The molecule has 146 valence electrons. The van der Waals surface area contributed by atoms with E-state index in [1.807, 2.05) is 13.0 Å². The maximum atomic E-state index is 13.2. The molecule has 3 aromatic rings. The van der Waals surface area contributed by atoms with Gasteiger partial charge in [0.25, 0.3) is 0 Å². The second-order valence-electron chi connectivity index (χ2n) is 6.86. The number of nitrogens with one attached hydrogen (secondary N) is 1. The van der Waals surface area contributed by atoms with E-state index in [1.54, 1.807) is 30.3 Å². The maximum Gasteiger partial charge on any atom is 0.337 e. The first-order valence-electron chi connectivity index (χ1n) is 8.79. The number of H-pyrrole nitrogens is 1. The first-order valence-corrected chi connectivity index (χ1v) is 11.0. The van der Waals surface area contributed by atoms with Crippen molar-refractivity contribution in [3.8, 4) is 0 Å². The Morgan fingerprint density at radius 2 is 2.00 bits per heavy atom. The molecule has 0 aliphatic carbocycles. The number of fused-ring (bicyclic) bond motifs is 3. The molecule has 0 amide bonds. The third kappa shape index (κ3) is 3.15. The number of carbonyl (C=O) groups excluding carboxylic acids is 1. The van der Waals surface area contributed by atoms with Crippen LogP contribution < -0.4 is 0 Å². The Bertz CT molecular complexity index is 1200. The second kappa shape index (κ2) is 7.02. The van der Waals surface area contributed by atoms with Crippen LogP contribution in [0.4, 0.5) is 0 Å². The van der Waals surface area contributed by atoms with Crippen LogP contribution in [-0.2, 0) is 27.7 Å². The molecule has 4 rings (SSSR count). The van der Waals surface area contributed by atoms with Crippen LogP contribution in [-0.4, -0.2) is 37.3 Å². The molecule has 0 bridgehead atoms. The number of halogens is 1. The number of methoxy groups -OCH3 is 1. The quantitative estimate of drug-likeness (QED) is 0.600. The van der Waals surface area contributed by atoms with Crippen LogP contribution in [0, 0.1) is 6.92 Å². The minimum Gasteiger partial charge on any atom is -0.465 e. The lowest BCUT2D eigenvalue weighted by molar-refractivity contribution is 0.0601. The molecule has 2 aromatic carbocycles. The Morgan fingerprint density at radius 3 is 2.71 bits per heavy atom. The topological polar surface area (TPSA) is 79.5 Å². The Balaban J connectivity index is 1.75. The summed E-state index contributed by atoms with van der Waals surface area (Å²) in [6.45, 7) is 2.56. The molecule has 0 spiro atoms. The molecule has 1 aliphatic heterocycles. The van der Waals surface area contributed by atoms with Gasteiger partial charge in [0.1, 0.15) is 0 Å². The number of hydrogen-bond donors (Lipinski definition) is 1. The van der Waals surface area contributed by atoms with Crippen LogP contribution in [0.3, 0.4) is 0 Å². The number of ether oxygens (including phenoxy) is 1. The van der Waals surface area contributed by atoms with Crippen molar-refractivity contribution in [2.24, 2.45) is 0 Å². The molecular weight excluding hydrogens is 444 g/mol. The fourth-order valence-electron chi connectivity index (χ4n) is 3.59. The van der Waals surface area contributed by atoms with Gasteiger partial charge < -0.3 is 9.72 Å². The van der Waals surface area contributed by atoms with Gasteiger partial charge in [-0.15, -0.1) is 0 Å². The van der Waals surface area contributed by atoms with Gasteiger partial charge in [-0.25, -0.2) is 13.2 Å². The van der Waals surface area contributed by atoms with Crippen molar-refractivity contribution in [2.75, 3.05) is 13.7 Å². The van der Waals surface area contributed by atoms with Crippen molar-refractivity contribution in [3.63, 3.8) is 0 Å². The molecule has 1 aromatic heterocycles. The highest BCUT2D eigenvalue weighted by Gasteiger charge is 2.31. The number of aryl methyl sites for hydroxylation is 1. The van der Waals surface area contributed by atoms with Crippen LogP contribution in [0.1, 0.15) is 27.2 Å². The molecule has 0 unspecified atom stereocenters. The molecule has 0 atom stereocenters. The molecule has 0 saturated heterocycles. The standard InChI is InChI=1S/C20H19BrN2O4S/c1-12-3-6-19(16(21)9-12)28(25,26)23-8-7-18-15(11-23)14-10-13(20(24)27-2)4-5-17(14)22-18/h3-6,9-10,22H,7-8,11H2,1-2H3. The largest absolute Gasteiger partial charge is 0.465 e. The number of rotatable bonds is 3. The van der Waals surface area contributed by atoms with E-state index in [1.165, 1.54) is 11.4 Å². The monoisotopic (exact) mass is 462 g/mol. The molecule has 1 aliphatic rings. The summed E-state index contributed by atoms with van der Waals surface area (Å²) in [6.07, 6.45) is 0.584. The summed E-state index contributed by atoms with van der Waals surface area (Å²) in [7, 11) is -2.31. The second-order valence-corrected chi connectivity index (χ2v) is 9.62. The zero-order valence-corrected chi connectivity index (χ0v) is 17.9. The number of sulfonamides is 1. The van der Waals surface area contributed by atoms with E-state index in [4.69, 9.17) is 4.74 Å². The summed E-state index contributed by atoms with van der Waals surface area (Å²) in [5, 5.41) is 0.848. The first-order chi connectivity index (χ1) is 13.3. The lowest BCUT2D eigenvalue weighted by atomic mass is 10.0. The Labute approximate surface area is 171 Å². The number of hydrogen-bond acceptors (Lipinski definition) is 4. The third-order valence-electron chi connectivity index (χ3n) is 5.07. The fourth-order valence-corrected chi connectivity index (χ4v) is 6.15. The zero-order valence-electron chi connectivity index (χ0n) is 15.5. The molecule has 6 nitrogen and oxygen atoms in total. The van der Waals surface area contributed by atoms with E-state index in [-0.39, 0.29) is 11.4 Å². The van der Waals surface area contributed by atoms with Crippen LogP contribution in [0.25, 0.3) is 10.9 Å². The van der Waals surface area contributed by atoms with Gasteiger partial charge in [0.05, 0.1) is 17.6 Å². The predicted octanol–water partition coefficient (Wildman–Crippen LogP) is 3.77. The number of esters is 1. The van der Waals surface area contributed by atoms with Crippen molar-refractivity contribution in [1.82, 2.24) is 9.29 Å². The van der Waals surface area contributed by atoms with E-state index < -0.39 is 16.0 Å². The normalized spacial score (nSPS) is 14.8. The highest BCUT2D eigenvalue weighted by Crippen LogP contribution is 2.33. The lowest BCUT2D eigenvalue weighted by Gasteiger charge is -2.27. The van der Waals surface area contributed by atoms with Crippen LogP contribution >= 0.6 is 15.9 Å². The minimum atomic E-state index is -3.65. The summed E-state index contributed by atoms with van der Waals surface area (Å²) in [6, 6.07) is 10.5. The highest BCUT2D eigenvalue weighted by molar-refractivity contribution is 9.10. The molecule has 28 heavy (non-hydrogen) atoms. The molecule has 1 N–H and O–H groups in total. The zero-order chi connectivity index (χ0) is 20.1. The summed E-state index contributed by atoms with van der Waals surface area (Å²) in [4.78, 5) is 15.5. The fraction of sp³-hybridized carbons (Fsp3) is 0.250. The molecule has 0 radical (unpaired) electrons. The third-order valence-corrected chi connectivity index (χ3v) is 7.89. The highest BCUT2D eigenvalue weighted by atomic mass is 79.9. The van der Waals surface area contributed by atoms with Crippen molar-refractivity contribution >= 4 is 42.8 Å². The average Bonchev–Trinajstić information content (AvgIpc) is 3.04. The number of nitrogens with zero attached hydrogens (tertiary/aromatic N) is 1. The van der Waals surface area contributed by atoms with Gasteiger partial charge in [-0.3, -0.25) is 0 Å². The average molecular weight is 463 g/mol. The van der Waals surface area contributed by atoms with E-state index in [9.17, 15) is 13.2 Å². The van der Waals surface area contributed by atoms with Crippen molar-refractivity contribution < 1.29 is 17.9 Å². The summed E-state index contributed by atoms with van der Waals surface area (Å²) in [5.41, 5.74) is 4.22. The van der Waals surface area contributed by atoms with Crippen molar-refractivity contribution in [2.45, 2.75) is 24.8 Å².